The van der Waals surface area contributed by atoms with Crippen molar-refractivity contribution in [2.24, 2.45) is 0 Å². The van der Waals surface area contributed by atoms with E-state index in [-0.39, 0.29) is 18.8 Å². The number of aryl methyl sites for hydroxylation is 1. The van der Waals surface area contributed by atoms with Crippen molar-refractivity contribution >= 4 is 17.3 Å². The van der Waals surface area contributed by atoms with Gasteiger partial charge in [-0.05, 0) is 66.1 Å². The molecule has 0 radical (unpaired) electrons. The second kappa shape index (κ2) is 9.82. The molecule has 0 bridgehead atoms. The molecule has 0 saturated carbocycles. The molecule has 3 aromatic carbocycles. The highest BCUT2D eigenvalue weighted by atomic mass is 35.5. The topological polar surface area (TPSA) is 34.8 Å². The average Bonchev–Trinajstić information content (AvgIpc) is 3.40. The number of halogens is 4. The summed E-state index contributed by atoms with van der Waals surface area (Å²) in [6, 6.07) is 21.4. The van der Waals surface area contributed by atoms with Crippen LogP contribution < -0.4 is 14.4 Å². The molecule has 4 aromatic rings. The van der Waals surface area contributed by atoms with Crippen molar-refractivity contribution in [1.29, 1.82) is 0 Å². The SMILES string of the molecule is CCc1cc(Oc2ccc3c(c2)N(Cc2cccc(-c4ccco4)c2)C[C@H](C(F)(F)F)O3)ccc1Cl. The van der Waals surface area contributed by atoms with Crippen LogP contribution in [0.3, 0.4) is 0 Å². The number of anilines is 1. The highest BCUT2D eigenvalue weighted by molar-refractivity contribution is 6.31. The molecule has 0 unspecified atom stereocenters. The van der Waals surface area contributed by atoms with E-state index in [0.29, 0.717) is 28.0 Å². The maximum Gasteiger partial charge on any atom is 0.427 e. The Bertz CT molecular complexity index is 1350. The van der Waals surface area contributed by atoms with Gasteiger partial charge in [-0.15, -0.1) is 0 Å². The lowest BCUT2D eigenvalue weighted by Crippen LogP contribution is -2.47. The number of nitrogens with zero attached hydrogens (tertiary/aromatic N) is 1. The largest absolute Gasteiger partial charge is 0.477 e. The van der Waals surface area contributed by atoms with Gasteiger partial charge >= 0.3 is 6.18 Å². The van der Waals surface area contributed by atoms with E-state index < -0.39 is 12.3 Å². The minimum atomic E-state index is -4.50. The van der Waals surface area contributed by atoms with Crippen molar-refractivity contribution in [3.63, 3.8) is 0 Å². The van der Waals surface area contributed by atoms with Gasteiger partial charge in [0, 0.05) is 23.2 Å². The first-order chi connectivity index (χ1) is 17.3. The van der Waals surface area contributed by atoms with E-state index in [1.54, 1.807) is 41.5 Å². The van der Waals surface area contributed by atoms with Crippen molar-refractivity contribution in [3.05, 3.63) is 95.2 Å². The Balaban J connectivity index is 1.46. The molecule has 2 heterocycles. The minimum absolute atomic E-state index is 0.156. The fourth-order valence-corrected chi connectivity index (χ4v) is 4.48. The van der Waals surface area contributed by atoms with E-state index in [9.17, 15) is 13.2 Å². The molecule has 4 nitrogen and oxygen atoms in total. The van der Waals surface area contributed by atoms with Crippen molar-refractivity contribution in [2.45, 2.75) is 32.2 Å². The molecular weight excluding hydrogens is 491 g/mol. The highest BCUT2D eigenvalue weighted by Crippen LogP contribution is 2.41. The van der Waals surface area contributed by atoms with Crippen LogP contribution >= 0.6 is 11.6 Å². The summed E-state index contributed by atoms with van der Waals surface area (Å²) in [7, 11) is 0. The van der Waals surface area contributed by atoms with E-state index in [2.05, 4.69) is 0 Å². The van der Waals surface area contributed by atoms with Gasteiger partial charge in [0.25, 0.3) is 0 Å². The summed E-state index contributed by atoms with van der Waals surface area (Å²) in [6.45, 7) is 1.91. The zero-order chi connectivity index (χ0) is 25.3. The fraction of sp³-hybridized carbons (Fsp3) is 0.214. The molecule has 1 aliphatic heterocycles. The predicted molar refractivity (Wildman–Crippen MR) is 133 cm³/mol. The molecule has 186 valence electrons. The third-order valence-corrected chi connectivity index (χ3v) is 6.40. The van der Waals surface area contributed by atoms with E-state index in [0.717, 1.165) is 23.1 Å². The van der Waals surface area contributed by atoms with Crippen LogP contribution in [0.2, 0.25) is 5.02 Å². The molecule has 0 fully saturated rings. The van der Waals surface area contributed by atoms with Gasteiger partial charge in [-0.2, -0.15) is 13.2 Å². The molecule has 0 amide bonds. The number of hydrogen-bond donors (Lipinski definition) is 0. The van der Waals surface area contributed by atoms with Crippen molar-refractivity contribution in [3.8, 4) is 28.6 Å². The van der Waals surface area contributed by atoms with Crippen LogP contribution in [0.4, 0.5) is 18.9 Å². The third kappa shape index (κ3) is 5.16. The van der Waals surface area contributed by atoms with E-state index in [4.69, 9.17) is 25.5 Å². The summed E-state index contributed by atoms with van der Waals surface area (Å²) in [5.41, 5.74) is 3.17. The summed E-state index contributed by atoms with van der Waals surface area (Å²) in [4.78, 5) is 1.67. The van der Waals surface area contributed by atoms with Crippen molar-refractivity contribution in [1.82, 2.24) is 0 Å². The second-order valence-corrected chi connectivity index (χ2v) is 8.95. The van der Waals surface area contributed by atoms with Gasteiger partial charge in [-0.25, -0.2) is 0 Å². The summed E-state index contributed by atoms with van der Waals surface area (Å²) in [5.74, 6) is 1.93. The zero-order valence-electron chi connectivity index (χ0n) is 19.4. The number of rotatable bonds is 6. The lowest BCUT2D eigenvalue weighted by molar-refractivity contribution is -0.193. The van der Waals surface area contributed by atoms with Crippen LogP contribution in [0.1, 0.15) is 18.1 Å². The summed E-state index contributed by atoms with van der Waals surface area (Å²) in [5, 5.41) is 0.657. The van der Waals surface area contributed by atoms with Crippen LogP contribution in [0.5, 0.6) is 17.2 Å². The fourth-order valence-electron chi connectivity index (χ4n) is 4.22. The Hall–Kier alpha value is -3.58. The first-order valence-electron chi connectivity index (χ1n) is 11.5. The second-order valence-electron chi connectivity index (χ2n) is 8.54. The Kier molecular flexibility index (Phi) is 6.58. The molecule has 0 saturated heterocycles. The lowest BCUT2D eigenvalue weighted by Gasteiger charge is -2.37. The Morgan fingerprint density at radius 2 is 1.81 bits per heavy atom. The number of benzene rings is 3. The number of ether oxygens (including phenoxy) is 2. The average molecular weight is 514 g/mol. The van der Waals surface area contributed by atoms with Crippen LogP contribution in [-0.4, -0.2) is 18.8 Å². The molecule has 5 rings (SSSR count). The van der Waals surface area contributed by atoms with Gasteiger partial charge in [0.05, 0.1) is 18.5 Å². The number of fused-ring (bicyclic) bond motifs is 1. The molecular formula is C28H23ClF3NO3. The first-order valence-corrected chi connectivity index (χ1v) is 11.9. The van der Waals surface area contributed by atoms with Crippen molar-refractivity contribution in [2.75, 3.05) is 11.4 Å². The van der Waals surface area contributed by atoms with Crippen LogP contribution in [-0.2, 0) is 13.0 Å². The van der Waals surface area contributed by atoms with Gasteiger partial charge in [-0.1, -0.05) is 36.7 Å². The Labute approximate surface area is 211 Å². The summed E-state index contributed by atoms with van der Waals surface area (Å²) in [6.07, 6.45) is -4.10. The van der Waals surface area contributed by atoms with E-state index >= 15 is 0 Å². The molecule has 1 aromatic heterocycles. The molecule has 8 heteroatoms. The van der Waals surface area contributed by atoms with Crippen LogP contribution in [0.25, 0.3) is 11.3 Å². The zero-order valence-corrected chi connectivity index (χ0v) is 20.1. The van der Waals surface area contributed by atoms with E-state index in [1.165, 1.54) is 6.07 Å². The standard InChI is InChI=1S/C28H23ClF3NO3/c1-2-19-14-21(8-10-23(19)29)35-22-9-11-26-24(15-22)33(17-27(36-26)28(30,31)32)16-18-5-3-6-20(13-18)25-7-4-12-34-25/h3-15,27H,2,16-17H2,1H3/t27-/m1/s1. The quantitative estimate of drug-likeness (QED) is 0.260. The van der Waals surface area contributed by atoms with Gasteiger partial charge in [0.15, 0.2) is 0 Å². The maximum atomic E-state index is 13.7. The normalized spacial score (nSPS) is 15.4. The number of hydrogen-bond acceptors (Lipinski definition) is 4. The molecule has 1 aliphatic rings. The number of furan rings is 1. The third-order valence-electron chi connectivity index (χ3n) is 6.03. The maximum absolute atomic E-state index is 13.7. The molecule has 36 heavy (non-hydrogen) atoms. The molecule has 1 atom stereocenters. The predicted octanol–water partition coefficient (Wildman–Crippen LogP) is 8.28. The van der Waals surface area contributed by atoms with Gasteiger partial charge in [-0.3, -0.25) is 0 Å². The van der Waals surface area contributed by atoms with Gasteiger partial charge in [0.1, 0.15) is 23.0 Å². The summed E-state index contributed by atoms with van der Waals surface area (Å²) >= 11 is 6.21. The molecule has 0 spiro atoms. The first kappa shape index (κ1) is 24.1. The van der Waals surface area contributed by atoms with E-state index in [1.807, 2.05) is 43.3 Å². The number of alkyl halides is 3. The monoisotopic (exact) mass is 513 g/mol. The highest BCUT2D eigenvalue weighted by Gasteiger charge is 2.45. The molecule has 0 aliphatic carbocycles. The van der Waals surface area contributed by atoms with Crippen LogP contribution in [0, 0.1) is 0 Å². The smallest absolute Gasteiger partial charge is 0.427 e. The minimum Gasteiger partial charge on any atom is -0.477 e. The van der Waals surface area contributed by atoms with Gasteiger partial charge < -0.3 is 18.8 Å². The van der Waals surface area contributed by atoms with Crippen molar-refractivity contribution < 1.29 is 27.1 Å². The lowest BCUT2D eigenvalue weighted by atomic mass is 10.1. The summed E-state index contributed by atoms with van der Waals surface area (Å²) < 4.78 is 57.9. The van der Waals surface area contributed by atoms with Gasteiger partial charge in [0.2, 0.25) is 6.10 Å². The Morgan fingerprint density at radius 1 is 1.00 bits per heavy atom. The molecule has 0 N–H and O–H groups in total. The Morgan fingerprint density at radius 3 is 2.56 bits per heavy atom. The van der Waals surface area contributed by atoms with Crippen LogP contribution in [0.15, 0.2) is 83.5 Å².